The molecular formula is C19H20NO+. The minimum Gasteiger partial charge on any atom is -0.494 e. The van der Waals surface area contributed by atoms with E-state index >= 15 is 0 Å². The summed E-state index contributed by atoms with van der Waals surface area (Å²) in [6.07, 6.45) is 2.12. The molecular weight excluding hydrogens is 258 g/mol. The van der Waals surface area contributed by atoms with Crippen LogP contribution in [0, 0.1) is 6.92 Å². The quantitative estimate of drug-likeness (QED) is 0.659. The van der Waals surface area contributed by atoms with E-state index in [1.54, 1.807) is 0 Å². The van der Waals surface area contributed by atoms with Crippen LogP contribution in [-0.2, 0) is 7.05 Å². The summed E-state index contributed by atoms with van der Waals surface area (Å²) in [7, 11) is 2.09. The topological polar surface area (TPSA) is 13.1 Å². The van der Waals surface area contributed by atoms with Crippen molar-refractivity contribution in [1.82, 2.24) is 0 Å². The molecule has 0 aliphatic rings. The highest BCUT2D eigenvalue weighted by Crippen LogP contribution is 2.30. The van der Waals surface area contributed by atoms with Crippen molar-refractivity contribution in [3.63, 3.8) is 0 Å². The van der Waals surface area contributed by atoms with Gasteiger partial charge in [-0.05, 0) is 43.0 Å². The van der Waals surface area contributed by atoms with Crippen LogP contribution in [0.5, 0.6) is 5.75 Å². The number of aromatic nitrogens is 1. The van der Waals surface area contributed by atoms with Crippen molar-refractivity contribution in [3.8, 4) is 17.0 Å². The molecule has 106 valence electrons. The fraction of sp³-hybridized carbons (Fsp3) is 0.211. The first-order valence-electron chi connectivity index (χ1n) is 7.32. The molecule has 2 aromatic carbocycles. The average Bonchev–Trinajstić information content (AvgIpc) is 2.50. The van der Waals surface area contributed by atoms with Gasteiger partial charge in [0.15, 0.2) is 6.20 Å². The van der Waals surface area contributed by atoms with Crippen LogP contribution in [0.4, 0.5) is 0 Å². The lowest BCUT2D eigenvalue weighted by Crippen LogP contribution is -2.30. The van der Waals surface area contributed by atoms with Crippen molar-refractivity contribution < 1.29 is 9.30 Å². The number of hydrogen-bond acceptors (Lipinski definition) is 1. The molecule has 2 nitrogen and oxygen atoms in total. The van der Waals surface area contributed by atoms with Crippen LogP contribution in [0.15, 0.2) is 54.7 Å². The van der Waals surface area contributed by atoms with E-state index in [9.17, 15) is 0 Å². The summed E-state index contributed by atoms with van der Waals surface area (Å²) in [4.78, 5) is 0. The highest BCUT2D eigenvalue weighted by atomic mass is 16.5. The maximum atomic E-state index is 5.67. The molecule has 0 saturated carbocycles. The average molecular weight is 278 g/mol. The van der Waals surface area contributed by atoms with E-state index in [4.69, 9.17) is 4.74 Å². The van der Waals surface area contributed by atoms with Gasteiger partial charge >= 0.3 is 0 Å². The first-order valence-corrected chi connectivity index (χ1v) is 7.32. The minimum absolute atomic E-state index is 0.685. The molecule has 0 fully saturated rings. The first kappa shape index (κ1) is 13.6. The fourth-order valence-corrected chi connectivity index (χ4v) is 2.76. The van der Waals surface area contributed by atoms with Gasteiger partial charge in [0, 0.05) is 6.07 Å². The number of aryl methyl sites for hydroxylation is 2. The van der Waals surface area contributed by atoms with Gasteiger partial charge in [-0.15, -0.1) is 0 Å². The number of benzene rings is 2. The van der Waals surface area contributed by atoms with Gasteiger partial charge in [-0.25, -0.2) is 4.57 Å². The second kappa shape index (κ2) is 5.57. The molecule has 2 heteroatoms. The number of rotatable bonds is 3. The summed E-state index contributed by atoms with van der Waals surface area (Å²) in [5.74, 6) is 0.922. The van der Waals surface area contributed by atoms with Crippen LogP contribution >= 0.6 is 0 Å². The third-order valence-electron chi connectivity index (χ3n) is 3.82. The Bertz CT molecular complexity index is 793. The molecule has 0 N–H and O–H groups in total. The van der Waals surface area contributed by atoms with Gasteiger partial charge in [-0.1, -0.05) is 24.3 Å². The molecule has 1 aromatic heterocycles. The summed E-state index contributed by atoms with van der Waals surface area (Å²) in [6.45, 7) is 4.84. The van der Waals surface area contributed by atoms with E-state index < -0.39 is 0 Å². The Balaban J connectivity index is 2.29. The van der Waals surface area contributed by atoms with Crippen LogP contribution in [-0.4, -0.2) is 6.61 Å². The number of fused-ring (bicyclic) bond motifs is 1. The summed E-state index contributed by atoms with van der Waals surface area (Å²) in [5, 5.41) is 2.52. The highest BCUT2D eigenvalue weighted by molar-refractivity contribution is 5.93. The molecule has 0 amide bonds. The smallest absolute Gasteiger partial charge is 0.220 e. The molecule has 0 unspecified atom stereocenters. The van der Waals surface area contributed by atoms with E-state index in [0.717, 1.165) is 5.75 Å². The van der Waals surface area contributed by atoms with E-state index in [1.165, 1.54) is 27.6 Å². The molecule has 0 aliphatic carbocycles. The lowest BCUT2D eigenvalue weighted by atomic mass is 9.99. The SMILES string of the molecule is CCOc1ccc(C)c(-c2c3ccccc3cc[n+]2C)c1. The van der Waals surface area contributed by atoms with Crippen LogP contribution < -0.4 is 9.30 Å². The Labute approximate surface area is 125 Å². The lowest BCUT2D eigenvalue weighted by molar-refractivity contribution is -0.659. The first-order chi connectivity index (χ1) is 10.2. The van der Waals surface area contributed by atoms with E-state index in [1.807, 2.05) is 13.0 Å². The Morgan fingerprint density at radius 1 is 1.05 bits per heavy atom. The zero-order valence-corrected chi connectivity index (χ0v) is 12.8. The van der Waals surface area contributed by atoms with Crippen molar-refractivity contribution in [2.24, 2.45) is 7.05 Å². The highest BCUT2D eigenvalue weighted by Gasteiger charge is 2.17. The Kier molecular flexibility index (Phi) is 3.61. The molecule has 21 heavy (non-hydrogen) atoms. The number of nitrogens with zero attached hydrogens (tertiary/aromatic N) is 1. The van der Waals surface area contributed by atoms with E-state index in [0.29, 0.717) is 6.61 Å². The predicted molar refractivity (Wildman–Crippen MR) is 86.5 cm³/mol. The summed E-state index contributed by atoms with van der Waals surface area (Å²) >= 11 is 0. The van der Waals surface area contributed by atoms with Gasteiger partial charge in [0.25, 0.3) is 0 Å². The Morgan fingerprint density at radius 2 is 1.86 bits per heavy atom. The predicted octanol–water partition coefficient (Wildman–Crippen LogP) is 4.04. The molecule has 0 bridgehead atoms. The monoisotopic (exact) mass is 278 g/mol. The Hall–Kier alpha value is -2.35. The van der Waals surface area contributed by atoms with Gasteiger partial charge in [0.2, 0.25) is 5.69 Å². The molecule has 0 saturated heterocycles. The summed E-state index contributed by atoms with van der Waals surface area (Å²) in [6, 6.07) is 17.0. The maximum Gasteiger partial charge on any atom is 0.220 e. The third kappa shape index (κ3) is 2.49. The fourth-order valence-electron chi connectivity index (χ4n) is 2.76. The van der Waals surface area contributed by atoms with Gasteiger partial charge in [0.05, 0.1) is 17.6 Å². The van der Waals surface area contributed by atoms with Gasteiger partial charge in [-0.2, -0.15) is 0 Å². The summed E-state index contributed by atoms with van der Waals surface area (Å²) < 4.78 is 7.85. The van der Waals surface area contributed by atoms with Gasteiger partial charge in [-0.3, -0.25) is 0 Å². The molecule has 0 spiro atoms. The standard InChI is InChI=1S/C19H20NO/c1-4-21-16-10-9-14(2)18(13-16)19-17-8-6-5-7-15(17)11-12-20(19)3/h5-13H,4H2,1-3H3/q+1. The molecule has 0 aliphatic heterocycles. The van der Waals surface area contributed by atoms with Gasteiger partial charge < -0.3 is 4.74 Å². The van der Waals surface area contributed by atoms with Crippen molar-refractivity contribution in [2.75, 3.05) is 6.61 Å². The van der Waals surface area contributed by atoms with E-state index in [-0.39, 0.29) is 0 Å². The number of hydrogen-bond donors (Lipinski definition) is 0. The zero-order valence-electron chi connectivity index (χ0n) is 12.8. The second-order valence-electron chi connectivity index (χ2n) is 5.27. The zero-order chi connectivity index (χ0) is 14.8. The molecule has 3 rings (SSSR count). The number of ether oxygens (including phenoxy) is 1. The lowest BCUT2D eigenvalue weighted by Gasteiger charge is -2.10. The summed E-state index contributed by atoms with van der Waals surface area (Å²) in [5.41, 5.74) is 3.71. The minimum atomic E-state index is 0.685. The van der Waals surface area contributed by atoms with Crippen LogP contribution in [0.1, 0.15) is 12.5 Å². The van der Waals surface area contributed by atoms with Crippen LogP contribution in [0.25, 0.3) is 22.0 Å². The van der Waals surface area contributed by atoms with Gasteiger partial charge in [0.1, 0.15) is 12.8 Å². The molecule has 3 aromatic rings. The van der Waals surface area contributed by atoms with Crippen LogP contribution in [0.2, 0.25) is 0 Å². The molecule has 0 atom stereocenters. The largest absolute Gasteiger partial charge is 0.494 e. The Morgan fingerprint density at radius 3 is 2.67 bits per heavy atom. The molecule has 1 heterocycles. The van der Waals surface area contributed by atoms with E-state index in [2.05, 4.69) is 67.2 Å². The molecule has 0 radical (unpaired) electrons. The van der Waals surface area contributed by atoms with Crippen molar-refractivity contribution in [3.05, 3.63) is 60.3 Å². The number of pyridine rings is 1. The second-order valence-corrected chi connectivity index (χ2v) is 5.27. The van der Waals surface area contributed by atoms with Crippen molar-refractivity contribution in [1.29, 1.82) is 0 Å². The maximum absolute atomic E-state index is 5.67. The third-order valence-corrected chi connectivity index (χ3v) is 3.82. The van der Waals surface area contributed by atoms with Crippen molar-refractivity contribution in [2.45, 2.75) is 13.8 Å². The van der Waals surface area contributed by atoms with Crippen molar-refractivity contribution >= 4 is 10.8 Å². The van der Waals surface area contributed by atoms with Crippen LogP contribution in [0.3, 0.4) is 0 Å². The normalized spacial score (nSPS) is 10.8.